The molecule has 116 valence electrons. The second kappa shape index (κ2) is 7.31. The molecule has 2 aromatic rings. The van der Waals surface area contributed by atoms with Gasteiger partial charge in [0, 0.05) is 11.8 Å². The normalized spacial score (nSPS) is 18.1. The van der Waals surface area contributed by atoms with E-state index < -0.39 is 0 Å². The zero-order chi connectivity index (χ0) is 15.2. The lowest BCUT2D eigenvalue weighted by atomic mass is 10.2. The van der Waals surface area contributed by atoms with Crippen LogP contribution in [-0.4, -0.2) is 47.6 Å². The van der Waals surface area contributed by atoms with Crippen LogP contribution < -0.4 is 4.74 Å². The molecular weight excluding hydrogens is 284 g/mol. The Morgan fingerprint density at radius 3 is 3.05 bits per heavy atom. The highest BCUT2D eigenvalue weighted by atomic mass is 16.6. The molecule has 6 nitrogen and oxygen atoms in total. The molecule has 0 spiro atoms. The molecule has 3 rings (SSSR count). The van der Waals surface area contributed by atoms with E-state index in [1.807, 2.05) is 24.3 Å². The molecular formula is C16H18N2O4. The summed E-state index contributed by atoms with van der Waals surface area (Å²) >= 11 is 0. The van der Waals surface area contributed by atoms with Gasteiger partial charge in [-0.1, -0.05) is 12.1 Å². The van der Waals surface area contributed by atoms with E-state index >= 15 is 0 Å². The van der Waals surface area contributed by atoms with Crippen molar-refractivity contribution >= 4 is 0 Å². The molecule has 0 unspecified atom stereocenters. The third-order valence-electron chi connectivity index (χ3n) is 3.29. The summed E-state index contributed by atoms with van der Waals surface area (Å²) in [5, 5.41) is 9.15. The Bertz CT molecular complexity index is 615. The summed E-state index contributed by atoms with van der Waals surface area (Å²) in [6.07, 6.45) is 1.60. The summed E-state index contributed by atoms with van der Waals surface area (Å²) in [6.45, 7) is 2.15. The SMILES string of the molecule is OCc1ccnc(-c2cccc(OC[C@H]3COCCO3)c2)n1. The Balaban J connectivity index is 1.68. The molecule has 22 heavy (non-hydrogen) atoms. The van der Waals surface area contributed by atoms with Crippen LogP contribution in [0.3, 0.4) is 0 Å². The maximum absolute atomic E-state index is 9.15. The fourth-order valence-electron chi connectivity index (χ4n) is 2.17. The van der Waals surface area contributed by atoms with Gasteiger partial charge in [0.2, 0.25) is 0 Å². The molecule has 1 aromatic carbocycles. The molecule has 6 heteroatoms. The van der Waals surface area contributed by atoms with E-state index in [-0.39, 0.29) is 12.7 Å². The van der Waals surface area contributed by atoms with Gasteiger partial charge in [0.1, 0.15) is 18.5 Å². The van der Waals surface area contributed by atoms with E-state index in [2.05, 4.69) is 9.97 Å². The van der Waals surface area contributed by atoms with Gasteiger partial charge in [-0.25, -0.2) is 9.97 Å². The van der Waals surface area contributed by atoms with Crippen molar-refractivity contribution in [2.45, 2.75) is 12.7 Å². The molecule has 0 radical (unpaired) electrons. The summed E-state index contributed by atoms with van der Waals surface area (Å²) in [7, 11) is 0. The maximum Gasteiger partial charge on any atom is 0.159 e. The molecule has 1 aromatic heterocycles. The number of rotatable bonds is 5. The standard InChI is InChI=1S/C16H18N2O4/c19-9-13-4-5-17-16(18-13)12-2-1-3-14(8-12)22-11-15-10-20-6-7-21-15/h1-5,8,15,19H,6-7,9-11H2/t15-/m1/s1. The Kier molecular flexibility index (Phi) is 4.95. The molecule has 1 fully saturated rings. The van der Waals surface area contributed by atoms with Crippen molar-refractivity contribution in [1.29, 1.82) is 0 Å². The van der Waals surface area contributed by atoms with Crippen LogP contribution in [0.5, 0.6) is 5.75 Å². The van der Waals surface area contributed by atoms with Crippen LogP contribution >= 0.6 is 0 Å². The van der Waals surface area contributed by atoms with E-state index in [1.54, 1.807) is 12.3 Å². The molecule has 1 saturated heterocycles. The Hall–Kier alpha value is -2.02. The van der Waals surface area contributed by atoms with Gasteiger partial charge < -0.3 is 19.3 Å². The van der Waals surface area contributed by atoms with Crippen molar-refractivity contribution in [3.05, 3.63) is 42.2 Å². The van der Waals surface area contributed by atoms with Crippen molar-refractivity contribution < 1.29 is 19.3 Å². The van der Waals surface area contributed by atoms with Gasteiger partial charge in [-0.3, -0.25) is 0 Å². The molecule has 0 bridgehead atoms. The largest absolute Gasteiger partial charge is 0.491 e. The Morgan fingerprint density at radius 1 is 1.27 bits per heavy atom. The van der Waals surface area contributed by atoms with Crippen LogP contribution in [0.25, 0.3) is 11.4 Å². The lowest BCUT2D eigenvalue weighted by Gasteiger charge is -2.23. The van der Waals surface area contributed by atoms with E-state index in [1.165, 1.54) is 0 Å². The number of nitrogens with zero attached hydrogens (tertiary/aromatic N) is 2. The second-order valence-corrected chi connectivity index (χ2v) is 4.94. The molecule has 0 saturated carbocycles. The van der Waals surface area contributed by atoms with Gasteiger partial charge in [0.05, 0.1) is 32.1 Å². The second-order valence-electron chi connectivity index (χ2n) is 4.94. The fourth-order valence-corrected chi connectivity index (χ4v) is 2.17. The number of aliphatic hydroxyl groups excluding tert-OH is 1. The minimum atomic E-state index is -0.106. The maximum atomic E-state index is 9.15. The number of benzene rings is 1. The minimum absolute atomic E-state index is 0.0358. The Morgan fingerprint density at radius 2 is 2.23 bits per heavy atom. The minimum Gasteiger partial charge on any atom is -0.491 e. The Labute approximate surface area is 128 Å². The predicted molar refractivity (Wildman–Crippen MR) is 79.4 cm³/mol. The van der Waals surface area contributed by atoms with E-state index in [4.69, 9.17) is 19.3 Å². The topological polar surface area (TPSA) is 73.7 Å². The number of ether oxygens (including phenoxy) is 3. The summed E-state index contributed by atoms with van der Waals surface area (Å²) in [4.78, 5) is 8.52. The summed E-state index contributed by atoms with van der Waals surface area (Å²) < 4.78 is 16.6. The molecule has 1 atom stereocenters. The monoisotopic (exact) mass is 302 g/mol. The zero-order valence-corrected chi connectivity index (χ0v) is 12.1. The van der Waals surface area contributed by atoms with Crippen LogP contribution in [0.2, 0.25) is 0 Å². The van der Waals surface area contributed by atoms with Crippen molar-refractivity contribution in [3.8, 4) is 17.1 Å². The molecule has 1 N–H and O–H groups in total. The number of hydrogen-bond donors (Lipinski definition) is 1. The molecule has 2 heterocycles. The van der Waals surface area contributed by atoms with Gasteiger partial charge in [0.25, 0.3) is 0 Å². The lowest BCUT2D eigenvalue weighted by Crippen LogP contribution is -2.33. The molecule has 1 aliphatic heterocycles. The average Bonchev–Trinajstić information content (AvgIpc) is 2.61. The first-order chi connectivity index (χ1) is 10.8. The van der Waals surface area contributed by atoms with Crippen molar-refractivity contribution in [1.82, 2.24) is 9.97 Å². The quantitative estimate of drug-likeness (QED) is 0.900. The van der Waals surface area contributed by atoms with Crippen LogP contribution in [0.1, 0.15) is 5.69 Å². The van der Waals surface area contributed by atoms with Crippen LogP contribution in [0.4, 0.5) is 0 Å². The lowest BCUT2D eigenvalue weighted by molar-refractivity contribution is -0.101. The average molecular weight is 302 g/mol. The van der Waals surface area contributed by atoms with Crippen molar-refractivity contribution in [2.24, 2.45) is 0 Å². The van der Waals surface area contributed by atoms with Crippen LogP contribution in [0, 0.1) is 0 Å². The first kappa shape index (κ1) is 14.9. The van der Waals surface area contributed by atoms with Crippen LogP contribution in [0.15, 0.2) is 36.5 Å². The first-order valence-electron chi connectivity index (χ1n) is 7.20. The predicted octanol–water partition coefficient (Wildman–Crippen LogP) is 1.43. The zero-order valence-electron chi connectivity index (χ0n) is 12.1. The van der Waals surface area contributed by atoms with Gasteiger partial charge in [-0.2, -0.15) is 0 Å². The highest BCUT2D eigenvalue weighted by molar-refractivity contribution is 5.57. The van der Waals surface area contributed by atoms with Crippen LogP contribution in [-0.2, 0) is 16.1 Å². The summed E-state index contributed by atoms with van der Waals surface area (Å²) in [5.41, 5.74) is 1.43. The molecule has 0 aliphatic carbocycles. The highest BCUT2D eigenvalue weighted by Gasteiger charge is 2.15. The third kappa shape index (κ3) is 3.79. The van der Waals surface area contributed by atoms with Gasteiger partial charge in [-0.05, 0) is 18.2 Å². The molecule has 1 aliphatic rings. The van der Waals surface area contributed by atoms with E-state index in [0.29, 0.717) is 37.9 Å². The van der Waals surface area contributed by atoms with Crippen molar-refractivity contribution in [3.63, 3.8) is 0 Å². The third-order valence-corrected chi connectivity index (χ3v) is 3.29. The van der Waals surface area contributed by atoms with Gasteiger partial charge in [-0.15, -0.1) is 0 Å². The molecule has 0 amide bonds. The van der Waals surface area contributed by atoms with E-state index in [0.717, 1.165) is 11.3 Å². The first-order valence-corrected chi connectivity index (χ1v) is 7.20. The smallest absolute Gasteiger partial charge is 0.159 e. The van der Waals surface area contributed by atoms with Crippen molar-refractivity contribution in [2.75, 3.05) is 26.4 Å². The number of aliphatic hydroxyl groups is 1. The number of aromatic nitrogens is 2. The van der Waals surface area contributed by atoms with Gasteiger partial charge in [0.15, 0.2) is 5.82 Å². The van der Waals surface area contributed by atoms with Gasteiger partial charge >= 0.3 is 0 Å². The number of hydrogen-bond acceptors (Lipinski definition) is 6. The summed E-state index contributed by atoms with van der Waals surface area (Å²) in [6, 6.07) is 9.23. The summed E-state index contributed by atoms with van der Waals surface area (Å²) in [5.74, 6) is 1.29. The van der Waals surface area contributed by atoms with E-state index in [9.17, 15) is 0 Å². The highest BCUT2D eigenvalue weighted by Crippen LogP contribution is 2.21. The fraction of sp³-hybridized carbons (Fsp3) is 0.375.